The molecular weight excluding hydrogens is 184 g/mol. The Hall–Kier alpha value is -0.450. The topological polar surface area (TPSA) is 48.1 Å². The molecule has 1 heterocycles. The minimum atomic E-state index is -0.0337. The van der Waals surface area contributed by atoms with Crippen molar-refractivity contribution in [1.82, 2.24) is 4.98 Å². The molecule has 1 atom stereocenters. The number of aromatic nitrogens is 1. The van der Waals surface area contributed by atoms with E-state index in [-0.39, 0.29) is 12.1 Å². The van der Waals surface area contributed by atoms with Crippen molar-refractivity contribution in [2.24, 2.45) is 5.73 Å². The Kier molecular flexibility index (Phi) is 3.84. The number of ether oxygens (including phenoxy) is 1. The molecule has 0 spiro atoms. The Labute approximate surface area is 82.9 Å². The van der Waals surface area contributed by atoms with Gasteiger partial charge in [0.15, 0.2) is 0 Å². The molecule has 0 aliphatic rings. The predicted molar refractivity (Wildman–Crippen MR) is 54.9 cm³/mol. The molecule has 0 saturated carbocycles. The first-order chi connectivity index (χ1) is 6.09. The zero-order valence-corrected chi connectivity index (χ0v) is 9.10. The van der Waals surface area contributed by atoms with Crippen molar-refractivity contribution >= 4 is 11.3 Å². The lowest BCUT2D eigenvalue weighted by atomic mass is 10.3. The van der Waals surface area contributed by atoms with Crippen LogP contribution in [0.1, 0.15) is 29.8 Å². The molecule has 0 bridgehead atoms. The van der Waals surface area contributed by atoms with Gasteiger partial charge in [0.05, 0.1) is 23.8 Å². The second-order valence-electron chi connectivity index (χ2n) is 3.27. The fourth-order valence-electron chi connectivity index (χ4n) is 0.927. The van der Waals surface area contributed by atoms with Crippen molar-refractivity contribution in [2.75, 3.05) is 6.61 Å². The predicted octanol–water partition coefficient (Wildman–Crippen LogP) is 1.88. The maximum Gasteiger partial charge on any atom is 0.0897 e. The molecule has 13 heavy (non-hydrogen) atoms. The third kappa shape index (κ3) is 3.42. The van der Waals surface area contributed by atoms with Crippen LogP contribution in [-0.2, 0) is 4.74 Å². The normalized spacial score (nSPS) is 13.6. The molecule has 0 fully saturated rings. The molecule has 2 N–H and O–H groups in total. The van der Waals surface area contributed by atoms with Crippen LogP contribution in [0.2, 0.25) is 0 Å². The van der Waals surface area contributed by atoms with Gasteiger partial charge < -0.3 is 10.5 Å². The molecule has 1 rings (SSSR count). The summed E-state index contributed by atoms with van der Waals surface area (Å²) < 4.78 is 5.42. The zero-order valence-electron chi connectivity index (χ0n) is 8.28. The number of hydrogen-bond acceptors (Lipinski definition) is 4. The largest absolute Gasteiger partial charge is 0.377 e. The van der Waals surface area contributed by atoms with E-state index in [9.17, 15) is 0 Å². The molecule has 4 heteroatoms. The van der Waals surface area contributed by atoms with E-state index in [0.29, 0.717) is 6.61 Å². The van der Waals surface area contributed by atoms with Gasteiger partial charge in [-0.2, -0.15) is 0 Å². The van der Waals surface area contributed by atoms with E-state index in [4.69, 9.17) is 10.5 Å². The molecule has 0 amide bonds. The fraction of sp³-hybridized carbons (Fsp3) is 0.667. The summed E-state index contributed by atoms with van der Waals surface area (Å²) in [5, 5.41) is 1.05. The van der Waals surface area contributed by atoms with Crippen LogP contribution in [0.25, 0.3) is 0 Å². The van der Waals surface area contributed by atoms with Gasteiger partial charge in [0.25, 0.3) is 0 Å². The van der Waals surface area contributed by atoms with Crippen LogP contribution in [-0.4, -0.2) is 17.7 Å². The van der Waals surface area contributed by atoms with Gasteiger partial charge in [-0.3, -0.25) is 0 Å². The highest BCUT2D eigenvalue weighted by Gasteiger charge is 2.09. The number of nitrogens with zero attached hydrogens (tertiary/aromatic N) is 1. The van der Waals surface area contributed by atoms with Crippen molar-refractivity contribution < 1.29 is 4.74 Å². The highest BCUT2D eigenvalue weighted by Crippen LogP contribution is 2.18. The lowest BCUT2D eigenvalue weighted by Crippen LogP contribution is -2.18. The number of aryl methyl sites for hydroxylation is 1. The molecule has 0 saturated heterocycles. The van der Waals surface area contributed by atoms with Crippen LogP contribution in [0.15, 0.2) is 6.20 Å². The third-order valence-electron chi connectivity index (χ3n) is 1.61. The number of nitrogens with two attached hydrogens (primary N) is 1. The second kappa shape index (κ2) is 4.69. The summed E-state index contributed by atoms with van der Waals surface area (Å²) in [6, 6.07) is -0.0337. The minimum absolute atomic E-state index is 0.0337. The molecular formula is C9H16N2OS. The summed E-state index contributed by atoms with van der Waals surface area (Å²) in [5.74, 6) is 0. The number of thiazole rings is 1. The Balaban J connectivity index is 2.44. The summed E-state index contributed by atoms with van der Waals surface area (Å²) in [5.41, 5.74) is 5.90. The van der Waals surface area contributed by atoms with E-state index in [1.54, 1.807) is 11.3 Å². The summed E-state index contributed by atoms with van der Waals surface area (Å²) in [7, 11) is 0. The summed E-state index contributed by atoms with van der Waals surface area (Å²) in [6.45, 7) is 6.55. The van der Waals surface area contributed by atoms with E-state index in [1.807, 2.05) is 27.0 Å². The van der Waals surface area contributed by atoms with Gasteiger partial charge in [0, 0.05) is 11.1 Å². The Morgan fingerprint density at radius 1 is 1.62 bits per heavy atom. The standard InChI is InChI=1S/C9H16N2OS/c1-6(2)12-5-8(10)9-4-11-7(3)13-9/h4,6,8H,5,10H2,1-3H3. The average Bonchev–Trinajstić information content (AvgIpc) is 2.47. The van der Waals surface area contributed by atoms with Gasteiger partial charge in [-0.1, -0.05) is 0 Å². The van der Waals surface area contributed by atoms with Crippen molar-refractivity contribution in [3.8, 4) is 0 Å². The quantitative estimate of drug-likeness (QED) is 0.807. The highest BCUT2D eigenvalue weighted by atomic mass is 32.1. The van der Waals surface area contributed by atoms with Crippen molar-refractivity contribution in [2.45, 2.75) is 32.9 Å². The summed E-state index contributed by atoms with van der Waals surface area (Å²) in [6.07, 6.45) is 2.06. The molecule has 1 aromatic heterocycles. The number of hydrogen-bond donors (Lipinski definition) is 1. The first-order valence-corrected chi connectivity index (χ1v) is 5.20. The maximum atomic E-state index is 5.90. The van der Waals surface area contributed by atoms with Gasteiger partial charge in [-0.15, -0.1) is 11.3 Å². The first kappa shape index (κ1) is 10.6. The highest BCUT2D eigenvalue weighted by molar-refractivity contribution is 7.11. The lowest BCUT2D eigenvalue weighted by molar-refractivity contribution is 0.0688. The SMILES string of the molecule is Cc1ncc(C(N)COC(C)C)s1. The number of rotatable bonds is 4. The third-order valence-corrected chi connectivity index (χ3v) is 2.66. The summed E-state index contributed by atoms with van der Waals surface area (Å²) >= 11 is 1.63. The average molecular weight is 200 g/mol. The molecule has 0 radical (unpaired) electrons. The monoisotopic (exact) mass is 200 g/mol. The van der Waals surface area contributed by atoms with E-state index >= 15 is 0 Å². The molecule has 74 valence electrons. The second-order valence-corrected chi connectivity index (χ2v) is 4.54. The molecule has 3 nitrogen and oxygen atoms in total. The summed E-state index contributed by atoms with van der Waals surface area (Å²) in [4.78, 5) is 5.24. The first-order valence-electron chi connectivity index (χ1n) is 4.39. The van der Waals surface area contributed by atoms with Crippen LogP contribution < -0.4 is 5.73 Å². The van der Waals surface area contributed by atoms with E-state index < -0.39 is 0 Å². The van der Waals surface area contributed by atoms with E-state index in [2.05, 4.69) is 4.98 Å². The van der Waals surface area contributed by atoms with Gasteiger partial charge in [0.2, 0.25) is 0 Å². The molecule has 0 aliphatic carbocycles. The van der Waals surface area contributed by atoms with Gasteiger partial charge in [-0.25, -0.2) is 4.98 Å². The minimum Gasteiger partial charge on any atom is -0.377 e. The zero-order chi connectivity index (χ0) is 9.84. The van der Waals surface area contributed by atoms with Crippen molar-refractivity contribution in [1.29, 1.82) is 0 Å². The van der Waals surface area contributed by atoms with Crippen LogP contribution in [0.3, 0.4) is 0 Å². The van der Waals surface area contributed by atoms with Gasteiger partial charge in [-0.05, 0) is 20.8 Å². The van der Waals surface area contributed by atoms with Gasteiger partial charge in [0.1, 0.15) is 0 Å². The smallest absolute Gasteiger partial charge is 0.0897 e. The molecule has 0 aromatic carbocycles. The van der Waals surface area contributed by atoms with Crippen LogP contribution in [0, 0.1) is 6.92 Å². The van der Waals surface area contributed by atoms with E-state index in [0.717, 1.165) is 9.88 Å². The van der Waals surface area contributed by atoms with Gasteiger partial charge >= 0.3 is 0 Å². The lowest BCUT2D eigenvalue weighted by Gasteiger charge is -2.12. The molecule has 1 unspecified atom stereocenters. The molecule has 0 aliphatic heterocycles. The van der Waals surface area contributed by atoms with Crippen molar-refractivity contribution in [3.63, 3.8) is 0 Å². The van der Waals surface area contributed by atoms with Crippen LogP contribution >= 0.6 is 11.3 Å². The Morgan fingerprint density at radius 2 is 2.31 bits per heavy atom. The van der Waals surface area contributed by atoms with Crippen LogP contribution in [0.4, 0.5) is 0 Å². The Bertz CT molecular complexity index is 260. The fourth-order valence-corrected chi connectivity index (χ4v) is 1.70. The maximum absolute atomic E-state index is 5.90. The van der Waals surface area contributed by atoms with Crippen LogP contribution in [0.5, 0.6) is 0 Å². The van der Waals surface area contributed by atoms with Crippen molar-refractivity contribution in [3.05, 3.63) is 16.1 Å². The Morgan fingerprint density at radius 3 is 2.77 bits per heavy atom. The van der Waals surface area contributed by atoms with E-state index in [1.165, 1.54) is 0 Å². The molecule has 1 aromatic rings.